The Morgan fingerprint density at radius 3 is 1.80 bits per heavy atom. The smallest absolute Gasteiger partial charge is 0.407 e. The molecule has 18 heteroatoms. The van der Waals surface area contributed by atoms with Crippen molar-refractivity contribution in [3.05, 3.63) is 90.1 Å². The van der Waals surface area contributed by atoms with Crippen LogP contribution < -0.4 is 16.5 Å². The van der Waals surface area contributed by atoms with E-state index in [2.05, 4.69) is 15.7 Å². The van der Waals surface area contributed by atoms with Gasteiger partial charge in [0.1, 0.15) is 18.8 Å². The van der Waals surface area contributed by atoms with Gasteiger partial charge in [0.15, 0.2) is 5.78 Å². The van der Waals surface area contributed by atoms with Crippen molar-refractivity contribution in [2.45, 2.75) is 106 Å². The monoisotopic (exact) mass is 1040 g/mol. The Kier molecular flexibility index (Phi) is 28.5. The van der Waals surface area contributed by atoms with Crippen molar-refractivity contribution in [1.82, 2.24) is 20.7 Å². The van der Waals surface area contributed by atoms with Crippen molar-refractivity contribution in [3.8, 4) is 11.3 Å². The molecule has 4 N–H and O–H groups in total. The number of hydrogen-bond acceptors (Lipinski definition) is 16. The summed E-state index contributed by atoms with van der Waals surface area (Å²) in [6.07, 6.45) is 0.165. The summed E-state index contributed by atoms with van der Waals surface area (Å²) in [5, 5.41) is 4.46. The van der Waals surface area contributed by atoms with Gasteiger partial charge in [0, 0.05) is 37.8 Å². The van der Waals surface area contributed by atoms with Crippen LogP contribution in [0.15, 0.2) is 79.0 Å². The zero-order valence-electron chi connectivity index (χ0n) is 45.6. The van der Waals surface area contributed by atoms with Crippen LogP contribution in [0.3, 0.4) is 0 Å². The Balaban J connectivity index is 1.90. The molecule has 3 rings (SSSR count). The molecular formula is C56H85N5O13. The number of benzene rings is 2. The van der Waals surface area contributed by atoms with E-state index in [0.29, 0.717) is 52.7 Å². The summed E-state index contributed by atoms with van der Waals surface area (Å²) >= 11 is 0. The number of ketones is 1. The Morgan fingerprint density at radius 1 is 0.689 bits per heavy atom. The van der Waals surface area contributed by atoms with Gasteiger partial charge >= 0.3 is 18.0 Å². The van der Waals surface area contributed by atoms with E-state index in [-0.39, 0.29) is 63.9 Å². The Morgan fingerprint density at radius 2 is 1.27 bits per heavy atom. The lowest BCUT2D eigenvalue weighted by Crippen LogP contribution is -2.53. The van der Waals surface area contributed by atoms with E-state index >= 15 is 0 Å². The van der Waals surface area contributed by atoms with Crippen LogP contribution in [0.1, 0.15) is 85.8 Å². The van der Waals surface area contributed by atoms with E-state index in [9.17, 15) is 24.0 Å². The maximum Gasteiger partial charge on any atom is 0.407 e. The molecule has 2 amide bonds. The number of ether oxygens (including phenoxy) is 8. The van der Waals surface area contributed by atoms with Crippen LogP contribution in [-0.4, -0.2) is 145 Å². The number of nitrogens with one attached hydrogen (secondary N) is 2. The Bertz CT molecular complexity index is 2080. The third-order valence-electron chi connectivity index (χ3n) is 12.0. The standard InChI is InChI=1S/C56H85N5O13/c1-40(2)34-46(57)53(65)74-49(39-61(60-52(64)45(55(3,4)5)37-50(63)68-10)38-42-19-21-43(22-20-42)47-18-14-15-23-58-47)44(35-41-16-12-11-13-17-41)36-48(62)51(56(6,7)8)59-54(66)73-33-32-72-31-30-71-29-28-70-27-26-69-25-24-67-9/h11-23,40,44-46,49,51H,24-39,57H2,1-10H3,(H,59,66)(H,60,64)/t44-,45-,46+,49+,51-/m1/s1. The Hall–Kier alpha value is -5.34. The quantitative estimate of drug-likeness (QED) is 0.0239. The fourth-order valence-corrected chi connectivity index (χ4v) is 7.97. The van der Waals surface area contributed by atoms with Crippen molar-refractivity contribution in [3.63, 3.8) is 0 Å². The highest BCUT2D eigenvalue weighted by molar-refractivity contribution is 5.88. The van der Waals surface area contributed by atoms with Crippen LogP contribution in [0.25, 0.3) is 11.3 Å². The number of methoxy groups -OCH3 is 2. The second-order valence-electron chi connectivity index (χ2n) is 20.8. The maximum atomic E-state index is 14.8. The third-order valence-corrected chi connectivity index (χ3v) is 12.0. The minimum absolute atomic E-state index is 0.0719. The first-order chi connectivity index (χ1) is 35.2. The summed E-state index contributed by atoms with van der Waals surface area (Å²) in [5.41, 5.74) is 11.4. The summed E-state index contributed by atoms with van der Waals surface area (Å²) in [5.74, 6) is -3.43. The lowest BCUT2D eigenvalue weighted by Gasteiger charge is -2.36. The number of rotatable bonds is 35. The zero-order valence-corrected chi connectivity index (χ0v) is 45.6. The maximum absolute atomic E-state index is 14.8. The van der Waals surface area contributed by atoms with Crippen LogP contribution in [-0.2, 0) is 70.0 Å². The molecule has 412 valence electrons. The van der Waals surface area contributed by atoms with Gasteiger partial charge in [0.2, 0.25) is 5.91 Å². The molecular weight excluding hydrogens is 951 g/mol. The SMILES string of the molecule is COCCOCCOCCOCCOCCOC(=O)N[C@H](C(=O)C[C@@H](Cc1ccccc1)[C@H](CN(Cc1ccc(-c2ccccn2)cc1)NC(=O)[C@@H](CC(=O)OC)C(C)(C)C)OC(=O)[C@@H](N)CC(C)C)C(C)(C)C. The first-order valence-corrected chi connectivity index (χ1v) is 25.6. The number of hydrogen-bond donors (Lipinski definition) is 3. The number of pyridine rings is 1. The minimum atomic E-state index is -1.04. The van der Waals surface area contributed by atoms with Gasteiger partial charge in [0.05, 0.1) is 97.2 Å². The second kappa shape index (κ2) is 33.6. The molecule has 0 aliphatic carbocycles. The van der Waals surface area contributed by atoms with Crippen LogP contribution in [0.5, 0.6) is 0 Å². The fraction of sp³-hybridized carbons (Fsp3) is 0.607. The number of amides is 2. The summed E-state index contributed by atoms with van der Waals surface area (Å²) < 4.78 is 43.8. The van der Waals surface area contributed by atoms with Gasteiger partial charge < -0.3 is 48.9 Å². The highest BCUT2D eigenvalue weighted by Crippen LogP contribution is 2.31. The van der Waals surface area contributed by atoms with E-state index in [1.807, 2.05) is 128 Å². The number of carbonyl (C=O) groups is 5. The van der Waals surface area contributed by atoms with Crippen molar-refractivity contribution in [2.24, 2.45) is 34.3 Å². The van der Waals surface area contributed by atoms with Gasteiger partial charge in [-0.05, 0) is 52.8 Å². The molecule has 5 atom stereocenters. The van der Waals surface area contributed by atoms with Crippen LogP contribution >= 0.6 is 0 Å². The number of carbonyl (C=O) groups excluding carboxylic acids is 5. The summed E-state index contributed by atoms with van der Waals surface area (Å²) in [7, 11) is 2.89. The minimum Gasteiger partial charge on any atom is -0.469 e. The van der Waals surface area contributed by atoms with Gasteiger partial charge in [-0.25, -0.2) is 9.80 Å². The largest absolute Gasteiger partial charge is 0.469 e. The molecule has 0 bridgehead atoms. The van der Waals surface area contributed by atoms with E-state index < -0.39 is 64.8 Å². The van der Waals surface area contributed by atoms with Crippen LogP contribution in [0, 0.1) is 28.6 Å². The zero-order chi connectivity index (χ0) is 54.5. The highest BCUT2D eigenvalue weighted by atomic mass is 16.6. The number of Topliss-reactive ketones (excluding diaryl/α,β-unsaturated/α-hetero) is 1. The number of nitrogens with two attached hydrogens (primary N) is 1. The predicted octanol–water partition coefficient (Wildman–Crippen LogP) is 6.76. The van der Waals surface area contributed by atoms with Gasteiger partial charge in [0.25, 0.3) is 0 Å². The van der Waals surface area contributed by atoms with E-state index in [1.165, 1.54) is 7.11 Å². The van der Waals surface area contributed by atoms with Gasteiger partial charge in [-0.15, -0.1) is 0 Å². The number of hydrazine groups is 1. The number of nitrogens with zero attached hydrogens (tertiary/aromatic N) is 2. The van der Waals surface area contributed by atoms with Crippen molar-refractivity contribution >= 4 is 29.7 Å². The molecule has 0 radical (unpaired) electrons. The van der Waals surface area contributed by atoms with Crippen LogP contribution in [0.4, 0.5) is 4.79 Å². The van der Waals surface area contributed by atoms with Gasteiger partial charge in [-0.2, -0.15) is 0 Å². The topological polar surface area (TPSA) is 225 Å². The molecule has 0 saturated heterocycles. The molecule has 0 fully saturated rings. The van der Waals surface area contributed by atoms with E-state index in [4.69, 9.17) is 43.6 Å². The Labute approximate surface area is 439 Å². The van der Waals surface area contributed by atoms with E-state index in [1.54, 1.807) is 18.3 Å². The molecule has 74 heavy (non-hydrogen) atoms. The molecule has 0 unspecified atom stereocenters. The van der Waals surface area contributed by atoms with Crippen LogP contribution in [0.2, 0.25) is 0 Å². The molecule has 1 aromatic heterocycles. The lowest BCUT2D eigenvalue weighted by molar-refractivity contribution is -0.158. The van der Waals surface area contributed by atoms with Crippen molar-refractivity contribution in [1.29, 1.82) is 0 Å². The van der Waals surface area contributed by atoms with Gasteiger partial charge in [-0.3, -0.25) is 29.6 Å². The van der Waals surface area contributed by atoms with Crippen molar-refractivity contribution in [2.75, 3.05) is 86.8 Å². The molecule has 3 aromatic rings. The third kappa shape index (κ3) is 24.8. The number of esters is 2. The molecule has 18 nitrogen and oxygen atoms in total. The summed E-state index contributed by atoms with van der Waals surface area (Å²) in [6.45, 7) is 18.5. The number of alkyl carbamates (subject to hydrolysis) is 1. The average Bonchev–Trinajstić information content (AvgIpc) is 3.35. The highest BCUT2D eigenvalue weighted by Gasteiger charge is 2.39. The summed E-state index contributed by atoms with van der Waals surface area (Å²) in [4.78, 5) is 73.9. The molecule has 0 spiro atoms. The molecule has 0 saturated carbocycles. The lowest BCUT2D eigenvalue weighted by atomic mass is 9.78. The predicted molar refractivity (Wildman–Crippen MR) is 281 cm³/mol. The first-order valence-electron chi connectivity index (χ1n) is 25.6. The number of aromatic nitrogens is 1. The molecule has 1 heterocycles. The molecule has 2 aromatic carbocycles. The second-order valence-corrected chi connectivity index (χ2v) is 20.8. The van der Waals surface area contributed by atoms with E-state index in [0.717, 1.165) is 22.4 Å². The molecule has 0 aliphatic rings. The fourth-order valence-electron chi connectivity index (χ4n) is 7.97. The first kappa shape index (κ1) is 63.0. The normalized spacial score (nSPS) is 13.9. The van der Waals surface area contributed by atoms with Crippen molar-refractivity contribution < 1.29 is 61.9 Å². The summed E-state index contributed by atoms with van der Waals surface area (Å²) in [6, 6.07) is 20.9. The average molecular weight is 1040 g/mol. The molecule has 0 aliphatic heterocycles. The van der Waals surface area contributed by atoms with Gasteiger partial charge in [-0.1, -0.05) is 116 Å².